The quantitative estimate of drug-likeness (QED) is 0.825. The lowest BCUT2D eigenvalue weighted by Crippen LogP contribution is -2.26. The van der Waals surface area contributed by atoms with Crippen molar-refractivity contribution >= 4 is 5.69 Å². The molecule has 0 aliphatic rings. The molecule has 2 nitrogen and oxygen atoms in total. The fourth-order valence-electron chi connectivity index (χ4n) is 2.47. The predicted octanol–water partition coefficient (Wildman–Crippen LogP) is 4.16. The van der Waals surface area contributed by atoms with Crippen LogP contribution in [0, 0.1) is 6.92 Å². The van der Waals surface area contributed by atoms with Gasteiger partial charge in [0.25, 0.3) is 0 Å². The van der Waals surface area contributed by atoms with Gasteiger partial charge in [-0.2, -0.15) is 0 Å². The monoisotopic (exact) mass is 268 g/mol. The first-order valence-electron chi connectivity index (χ1n) is 7.25. The Kier molecular flexibility index (Phi) is 4.80. The topological polar surface area (TPSA) is 29.3 Å². The molecule has 0 spiro atoms. The van der Waals surface area contributed by atoms with Gasteiger partial charge in [0.05, 0.1) is 0 Å². The summed E-state index contributed by atoms with van der Waals surface area (Å²) in [5.41, 5.74) is 10.7. The fourth-order valence-corrected chi connectivity index (χ4v) is 2.47. The second-order valence-corrected chi connectivity index (χ2v) is 5.34. The SMILES string of the molecule is CCN(Cc1ccccc1)[C@H](C)c1ccc(C)c(N)c1. The minimum Gasteiger partial charge on any atom is -0.399 e. The largest absolute Gasteiger partial charge is 0.399 e. The van der Waals surface area contributed by atoms with Crippen LogP contribution in [-0.4, -0.2) is 11.4 Å². The van der Waals surface area contributed by atoms with Gasteiger partial charge in [-0.25, -0.2) is 0 Å². The summed E-state index contributed by atoms with van der Waals surface area (Å²) >= 11 is 0. The number of hydrogen-bond donors (Lipinski definition) is 1. The molecule has 0 aliphatic heterocycles. The highest BCUT2D eigenvalue weighted by Crippen LogP contribution is 2.25. The van der Waals surface area contributed by atoms with Gasteiger partial charge in [0.2, 0.25) is 0 Å². The van der Waals surface area contributed by atoms with E-state index in [1.54, 1.807) is 0 Å². The van der Waals surface area contributed by atoms with E-state index in [0.29, 0.717) is 6.04 Å². The summed E-state index contributed by atoms with van der Waals surface area (Å²) in [5.74, 6) is 0. The average Bonchev–Trinajstić information content (AvgIpc) is 2.48. The zero-order valence-electron chi connectivity index (χ0n) is 12.6. The Balaban J connectivity index is 2.16. The maximum Gasteiger partial charge on any atom is 0.0347 e. The number of nitrogens with two attached hydrogens (primary N) is 1. The Labute approximate surface area is 122 Å². The number of hydrogen-bond acceptors (Lipinski definition) is 2. The van der Waals surface area contributed by atoms with Crippen LogP contribution in [0.4, 0.5) is 5.69 Å². The lowest BCUT2D eigenvalue weighted by molar-refractivity contribution is 0.213. The molecule has 20 heavy (non-hydrogen) atoms. The van der Waals surface area contributed by atoms with E-state index >= 15 is 0 Å². The first-order valence-corrected chi connectivity index (χ1v) is 7.25. The molecule has 2 aromatic rings. The standard InChI is InChI=1S/C18H24N2/c1-4-20(13-16-8-6-5-7-9-16)15(3)17-11-10-14(2)18(19)12-17/h5-12,15H,4,13,19H2,1-3H3/t15-/m1/s1. The molecule has 2 heteroatoms. The Morgan fingerprint density at radius 2 is 1.80 bits per heavy atom. The van der Waals surface area contributed by atoms with E-state index in [2.05, 4.69) is 67.3 Å². The lowest BCUT2D eigenvalue weighted by Gasteiger charge is -2.28. The second-order valence-electron chi connectivity index (χ2n) is 5.34. The van der Waals surface area contributed by atoms with Gasteiger partial charge in [0.15, 0.2) is 0 Å². The Hall–Kier alpha value is -1.80. The van der Waals surface area contributed by atoms with E-state index in [-0.39, 0.29) is 0 Å². The number of benzene rings is 2. The van der Waals surface area contributed by atoms with Crippen molar-refractivity contribution in [1.29, 1.82) is 0 Å². The summed E-state index contributed by atoms with van der Waals surface area (Å²) in [4.78, 5) is 2.46. The van der Waals surface area contributed by atoms with Gasteiger partial charge in [-0.1, -0.05) is 49.4 Å². The first-order chi connectivity index (χ1) is 9.61. The summed E-state index contributed by atoms with van der Waals surface area (Å²) < 4.78 is 0. The number of anilines is 1. The van der Waals surface area contributed by atoms with Crippen LogP contribution in [0.1, 0.15) is 36.6 Å². The maximum atomic E-state index is 6.03. The molecule has 0 aromatic heterocycles. The van der Waals surface area contributed by atoms with Crippen LogP contribution >= 0.6 is 0 Å². The van der Waals surface area contributed by atoms with Crippen molar-refractivity contribution in [3.05, 3.63) is 65.2 Å². The molecule has 0 amide bonds. The van der Waals surface area contributed by atoms with E-state index in [0.717, 1.165) is 24.3 Å². The molecule has 0 heterocycles. The highest BCUT2D eigenvalue weighted by atomic mass is 15.1. The van der Waals surface area contributed by atoms with Crippen molar-refractivity contribution in [2.75, 3.05) is 12.3 Å². The molecule has 106 valence electrons. The van der Waals surface area contributed by atoms with Crippen molar-refractivity contribution in [2.24, 2.45) is 0 Å². The van der Waals surface area contributed by atoms with Crippen LogP contribution in [0.5, 0.6) is 0 Å². The molecule has 2 rings (SSSR count). The molecular weight excluding hydrogens is 244 g/mol. The highest BCUT2D eigenvalue weighted by molar-refractivity contribution is 5.48. The van der Waals surface area contributed by atoms with Crippen LogP contribution in [0.2, 0.25) is 0 Å². The minimum atomic E-state index is 0.364. The third-order valence-electron chi connectivity index (χ3n) is 3.97. The second kappa shape index (κ2) is 6.58. The van der Waals surface area contributed by atoms with Crippen molar-refractivity contribution in [2.45, 2.75) is 33.4 Å². The molecule has 0 radical (unpaired) electrons. The molecule has 2 N–H and O–H groups in total. The lowest BCUT2D eigenvalue weighted by atomic mass is 10.0. The van der Waals surface area contributed by atoms with E-state index in [4.69, 9.17) is 5.73 Å². The molecule has 1 atom stereocenters. The Morgan fingerprint density at radius 1 is 1.10 bits per heavy atom. The van der Waals surface area contributed by atoms with E-state index in [1.807, 2.05) is 6.92 Å². The molecular formula is C18H24N2. The molecule has 0 bridgehead atoms. The molecule has 0 saturated heterocycles. The Morgan fingerprint density at radius 3 is 2.40 bits per heavy atom. The highest BCUT2D eigenvalue weighted by Gasteiger charge is 2.15. The van der Waals surface area contributed by atoms with Crippen molar-refractivity contribution in [3.63, 3.8) is 0 Å². The van der Waals surface area contributed by atoms with Crippen LogP contribution in [0.15, 0.2) is 48.5 Å². The van der Waals surface area contributed by atoms with Gasteiger partial charge in [-0.05, 0) is 43.1 Å². The molecule has 2 aromatic carbocycles. The third-order valence-corrected chi connectivity index (χ3v) is 3.97. The van der Waals surface area contributed by atoms with Crippen LogP contribution in [0.25, 0.3) is 0 Å². The van der Waals surface area contributed by atoms with Crippen LogP contribution in [0.3, 0.4) is 0 Å². The number of rotatable bonds is 5. The summed E-state index contributed by atoms with van der Waals surface area (Å²) in [5, 5.41) is 0. The van der Waals surface area contributed by atoms with Crippen molar-refractivity contribution in [1.82, 2.24) is 4.90 Å². The molecule has 0 saturated carbocycles. The minimum absolute atomic E-state index is 0.364. The van der Waals surface area contributed by atoms with Gasteiger partial charge < -0.3 is 5.73 Å². The molecule has 0 unspecified atom stereocenters. The van der Waals surface area contributed by atoms with Crippen LogP contribution in [-0.2, 0) is 6.54 Å². The zero-order valence-corrected chi connectivity index (χ0v) is 12.6. The Bertz CT molecular complexity index is 549. The predicted molar refractivity (Wildman–Crippen MR) is 86.5 cm³/mol. The smallest absolute Gasteiger partial charge is 0.0347 e. The van der Waals surface area contributed by atoms with Gasteiger partial charge >= 0.3 is 0 Å². The normalized spacial score (nSPS) is 12.6. The zero-order chi connectivity index (χ0) is 14.5. The van der Waals surface area contributed by atoms with E-state index in [1.165, 1.54) is 11.1 Å². The average molecular weight is 268 g/mol. The summed E-state index contributed by atoms with van der Waals surface area (Å²) in [6.07, 6.45) is 0. The number of aryl methyl sites for hydroxylation is 1. The first kappa shape index (κ1) is 14.6. The van der Waals surface area contributed by atoms with Gasteiger partial charge in [0.1, 0.15) is 0 Å². The van der Waals surface area contributed by atoms with Crippen molar-refractivity contribution in [3.8, 4) is 0 Å². The number of nitrogens with zero attached hydrogens (tertiary/aromatic N) is 1. The van der Waals surface area contributed by atoms with E-state index in [9.17, 15) is 0 Å². The summed E-state index contributed by atoms with van der Waals surface area (Å²) in [6.45, 7) is 8.48. The summed E-state index contributed by atoms with van der Waals surface area (Å²) in [6, 6.07) is 17.4. The van der Waals surface area contributed by atoms with Gasteiger partial charge in [-0.15, -0.1) is 0 Å². The van der Waals surface area contributed by atoms with E-state index < -0.39 is 0 Å². The van der Waals surface area contributed by atoms with Crippen molar-refractivity contribution < 1.29 is 0 Å². The number of nitrogen functional groups attached to an aromatic ring is 1. The maximum absolute atomic E-state index is 6.03. The fraction of sp³-hybridized carbons (Fsp3) is 0.333. The molecule has 0 aliphatic carbocycles. The molecule has 0 fully saturated rings. The van der Waals surface area contributed by atoms with Crippen LogP contribution < -0.4 is 5.73 Å². The summed E-state index contributed by atoms with van der Waals surface area (Å²) in [7, 11) is 0. The third kappa shape index (κ3) is 3.40. The van der Waals surface area contributed by atoms with Gasteiger partial charge in [0, 0.05) is 18.3 Å². The van der Waals surface area contributed by atoms with Gasteiger partial charge in [-0.3, -0.25) is 4.90 Å².